The molecule has 0 fully saturated rings. The first-order valence-electron chi connectivity index (χ1n) is 10.5. The fraction of sp³-hybridized carbons (Fsp3) is 0.115. The molecular formula is C26H24N4O2S. The van der Waals surface area contributed by atoms with Gasteiger partial charge in [-0.15, -0.1) is 0 Å². The summed E-state index contributed by atoms with van der Waals surface area (Å²) in [6.45, 7) is 1.92. The lowest BCUT2D eigenvalue weighted by Crippen LogP contribution is -2.26. The van der Waals surface area contributed by atoms with Crippen molar-refractivity contribution in [1.29, 1.82) is 0 Å². The Morgan fingerprint density at radius 1 is 0.909 bits per heavy atom. The number of carbonyl (C=O) groups is 2. The summed E-state index contributed by atoms with van der Waals surface area (Å²) in [6, 6.07) is 23.7. The highest BCUT2D eigenvalue weighted by molar-refractivity contribution is 7.98. The van der Waals surface area contributed by atoms with Crippen molar-refractivity contribution >= 4 is 29.3 Å². The summed E-state index contributed by atoms with van der Waals surface area (Å²) >= 11 is 1.54. The van der Waals surface area contributed by atoms with Crippen molar-refractivity contribution in [3.8, 4) is 5.69 Å². The van der Waals surface area contributed by atoms with Gasteiger partial charge in [-0.2, -0.15) is 0 Å². The monoisotopic (exact) mass is 456 g/mol. The Morgan fingerprint density at radius 2 is 1.67 bits per heavy atom. The van der Waals surface area contributed by atoms with Gasteiger partial charge >= 0.3 is 0 Å². The molecule has 0 spiro atoms. The van der Waals surface area contributed by atoms with Crippen LogP contribution in [0, 0.1) is 0 Å². The van der Waals surface area contributed by atoms with Crippen molar-refractivity contribution in [3.63, 3.8) is 0 Å². The molecule has 1 unspecified atom stereocenters. The van der Waals surface area contributed by atoms with Crippen molar-refractivity contribution in [1.82, 2.24) is 14.9 Å². The molecule has 1 heterocycles. The number of nitrogens with zero attached hydrogens (tertiary/aromatic N) is 2. The largest absolute Gasteiger partial charge is 0.346 e. The number of rotatable bonds is 7. The predicted octanol–water partition coefficient (Wildman–Crippen LogP) is 5.34. The second-order valence-electron chi connectivity index (χ2n) is 7.48. The number of amides is 2. The molecule has 6 nitrogen and oxygen atoms in total. The van der Waals surface area contributed by atoms with Gasteiger partial charge in [0.25, 0.3) is 11.8 Å². The van der Waals surface area contributed by atoms with Gasteiger partial charge in [0.15, 0.2) is 5.16 Å². The van der Waals surface area contributed by atoms with Crippen LogP contribution in [0.25, 0.3) is 5.69 Å². The van der Waals surface area contributed by atoms with Crippen LogP contribution in [-0.4, -0.2) is 27.6 Å². The molecule has 0 aliphatic carbocycles. The fourth-order valence-electron chi connectivity index (χ4n) is 3.48. The summed E-state index contributed by atoms with van der Waals surface area (Å²) < 4.78 is 1.95. The van der Waals surface area contributed by atoms with E-state index in [2.05, 4.69) is 15.6 Å². The van der Waals surface area contributed by atoms with E-state index in [1.54, 1.807) is 36.2 Å². The highest BCUT2D eigenvalue weighted by atomic mass is 32.2. The van der Waals surface area contributed by atoms with Crippen LogP contribution in [0.3, 0.4) is 0 Å². The number of hydrogen-bond acceptors (Lipinski definition) is 4. The maximum Gasteiger partial charge on any atom is 0.255 e. The van der Waals surface area contributed by atoms with E-state index in [1.165, 1.54) is 0 Å². The third-order valence-corrected chi connectivity index (χ3v) is 5.87. The Labute approximate surface area is 197 Å². The average molecular weight is 457 g/mol. The molecule has 0 saturated heterocycles. The summed E-state index contributed by atoms with van der Waals surface area (Å²) in [7, 11) is 0. The van der Waals surface area contributed by atoms with Gasteiger partial charge in [0.2, 0.25) is 0 Å². The Bertz CT molecular complexity index is 1270. The van der Waals surface area contributed by atoms with E-state index in [4.69, 9.17) is 0 Å². The molecule has 0 aliphatic heterocycles. The van der Waals surface area contributed by atoms with Crippen LogP contribution in [0.15, 0.2) is 96.4 Å². The number of imidazole rings is 1. The average Bonchev–Trinajstić information content (AvgIpc) is 3.34. The quantitative estimate of drug-likeness (QED) is 0.368. The minimum Gasteiger partial charge on any atom is -0.346 e. The van der Waals surface area contributed by atoms with Gasteiger partial charge in [0.05, 0.1) is 6.04 Å². The molecule has 1 aromatic heterocycles. The summed E-state index contributed by atoms with van der Waals surface area (Å²) in [5.41, 5.74) is 3.60. The highest BCUT2D eigenvalue weighted by Gasteiger charge is 2.14. The molecule has 2 N–H and O–H groups in total. The van der Waals surface area contributed by atoms with Crippen LogP contribution in [0.5, 0.6) is 0 Å². The molecule has 33 heavy (non-hydrogen) atoms. The predicted molar refractivity (Wildman–Crippen MR) is 132 cm³/mol. The first-order chi connectivity index (χ1) is 16.0. The molecular weight excluding hydrogens is 432 g/mol. The van der Waals surface area contributed by atoms with Crippen LogP contribution in [0.2, 0.25) is 0 Å². The van der Waals surface area contributed by atoms with Gasteiger partial charge in [-0.1, -0.05) is 48.2 Å². The normalized spacial score (nSPS) is 11.6. The highest BCUT2D eigenvalue weighted by Crippen LogP contribution is 2.21. The SMILES string of the molecule is CSc1nccn1-c1cccc(C(=O)NC(C)c2cccc(NC(=O)c3ccccc3)c2)c1. The Morgan fingerprint density at radius 3 is 2.45 bits per heavy atom. The molecule has 3 aromatic carbocycles. The summed E-state index contributed by atoms with van der Waals surface area (Å²) in [5, 5.41) is 6.81. The summed E-state index contributed by atoms with van der Waals surface area (Å²) in [4.78, 5) is 29.7. The minimum atomic E-state index is -0.246. The Hall–Kier alpha value is -3.84. The van der Waals surface area contributed by atoms with Crippen molar-refractivity contribution in [2.24, 2.45) is 0 Å². The van der Waals surface area contributed by atoms with E-state index >= 15 is 0 Å². The molecule has 4 rings (SSSR count). The van der Waals surface area contributed by atoms with Gasteiger partial charge in [0, 0.05) is 34.9 Å². The zero-order valence-electron chi connectivity index (χ0n) is 18.4. The number of nitrogens with one attached hydrogen (secondary N) is 2. The minimum absolute atomic E-state index is 0.172. The first kappa shape index (κ1) is 22.4. The standard InChI is InChI=1S/C26H24N4O2S/c1-18(20-10-6-12-22(16-20)29-24(31)19-8-4-3-5-9-19)28-25(32)21-11-7-13-23(17-21)30-15-14-27-26(30)33-2/h3-18H,1-2H3,(H,28,32)(H,29,31). The maximum atomic E-state index is 12.9. The molecule has 1 atom stereocenters. The van der Waals surface area contributed by atoms with Crippen LogP contribution in [0.1, 0.15) is 39.2 Å². The molecule has 0 saturated carbocycles. The lowest BCUT2D eigenvalue weighted by molar-refractivity contribution is 0.0939. The molecule has 166 valence electrons. The number of hydrogen-bond donors (Lipinski definition) is 2. The maximum absolute atomic E-state index is 12.9. The van der Waals surface area contributed by atoms with Crippen molar-refractivity contribution < 1.29 is 9.59 Å². The van der Waals surface area contributed by atoms with E-state index in [-0.39, 0.29) is 17.9 Å². The number of aromatic nitrogens is 2. The van der Waals surface area contributed by atoms with E-state index < -0.39 is 0 Å². The molecule has 2 amide bonds. The van der Waals surface area contributed by atoms with E-state index in [9.17, 15) is 9.59 Å². The second kappa shape index (κ2) is 10.2. The summed E-state index contributed by atoms with van der Waals surface area (Å²) in [5.74, 6) is -0.348. The topological polar surface area (TPSA) is 76.0 Å². The van der Waals surface area contributed by atoms with Crippen LogP contribution < -0.4 is 10.6 Å². The third-order valence-electron chi connectivity index (χ3n) is 5.20. The number of carbonyl (C=O) groups excluding carboxylic acids is 2. The first-order valence-corrected chi connectivity index (χ1v) is 11.7. The van der Waals surface area contributed by atoms with Gasteiger partial charge in [-0.05, 0) is 61.2 Å². The third kappa shape index (κ3) is 5.32. The zero-order valence-corrected chi connectivity index (χ0v) is 19.2. The number of thioether (sulfide) groups is 1. The van der Waals surface area contributed by atoms with Crippen molar-refractivity contribution in [3.05, 3.63) is 108 Å². The van der Waals surface area contributed by atoms with Crippen LogP contribution >= 0.6 is 11.8 Å². The number of anilines is 1. The fourth-order valence-corrected chi connectivity index (χ4v) is 4.01. The molecule has 0 radical (unpaired) electrons. The van der Waals surface area contributed by atoms with Crippen LogP contribution in [0.4, 0.5) is 5.69 Å². The van der Waals surface area contributed by atoms with Gasteiger partial charge in [-0.3, -0.25) is 14.2 Å². The molecule has 4 aromatic rings. The zero-order chi connectivity index (χ0) is 23.2. The van der Waals surface area contributed by atoms with E-state index in [0.717, 1.165) is 16.4 Å². The van der Waals surface area contributed by atoms with E-state index in [1.807, 2.05) is 84.6 Å². The molecule has 0 aliphatic rings. The number of benzene rings is 3. The smallest absolute Gasteiger partial charge is 0.255 e. The molecule has 0 bridgehead atoms. The second-order valence-corrected chi connectivity index (χ2v) is 8.25. The Balaban J connectivity index is 1.46. The van der Waals surface area contributed by atoms with Gasteiger partial charge in [0.1, 0.15) is 0 Å². The Kier molecular flexibility index (Phi) is 6.90. The lowest BCUT2D eigenvalue weighted by Gasteiger charge is -2.16. The lowest BCUT2D eigenvalue weighted by atomic mass is 10.1. The van der Waals surface area contributed by atoms with Crippen molar-refractivity contribution in [2.75, 3.05) is 11.6 Å². The van der Waals surface area contributed by atoms with E-state index in [0.29, 0.717) is 16.8 Å². The van der Waals surface area contributed by atoms with Gasteiger partial charge < -0.3 is 10.6 Å². The van der Waals surface area contributed by atoms with Crippen molar-refractivity contribution in [2.45, 2.75) is 18.1 Å². The summed E-state index contributed by atoms with van der Waals surface area (Å²) in [6.07, 6.45) is 5.58. The van der Waals surface area contributed by atoms with Gasteiger partial charge in [-0.25, -0.2) is 4.98 Å². The molecule has 7 heteroatoms. The van der Waals surface area contributed by atoms with Crippen LogP contribution in [-0.2, 0) is 0 Å².